The highest BCUT2D eigenvalue weighted by molar-refractivity contribution is 6.36. The molecule has 1 amide bonds. The average molecular weight is 558 g/mol. The molecule has 2 saturated heterocycles. The quantitative estimate of drug-likeness (QED) is 0.368. The highest BCUT2D eigenvalue weighted by Crippen LogP contribution is 2.29. The highest BCUT2D eigenvalue weighted by atomic mass is 35.5. The zero-order chi connectivity index (χ0) is 26.6. The van der Waals surface area contributed by atoms with E-state index < -0.39 is 5.82 Å². The fraction of sp³-hybridized carbons (Fsp3) is 0.393. The van der Waals surface area contributed by atoms with Crippen molar-refractivity contribution in [2.75, 3.05) is 38.5 Å². The molecule has 2 aliphatic rings. The average Bonchev–Trinajstić information content (AvgIpc) is 3.62. The molecule has 0 aliphatic carbocycles. The van der Waals surface area contributed by atoms with Crippen LogP contribution in [-0.4, -0.2) is 64.5 Å². The van der Waals surface area contributed by atoms with E-state index in [1.807, 2.05) is 29.2 Å². The van der Waals surface area contributed by atoms with Gasteiger partial charge in [0, 0.05) is 41.7 Å². The molecule has 0 saturated carbocycles. The van der Waals surface area contributed by atoms with E-state index in [2.05, 4.69) is 14.9 Å². The Labute approximate surface area is 231 Å². The first-order valence-corrected chi connectivity index (χ1v) is 13.7. The molecule has 0 spiro atoms. The SMILES string of the molecule is Nc1ncc(-c2ccc(C(=O)N3CCCC3CN3CCCC3)cc2)nc1OCCc1c(Cl)ccc(F)c1Cl. The number of amides is 1. The van der Waals surface area contributed by atoms with Crippen LogP contribution in [0.1, 0.15) is 41.6 Å². The summed E-state index contributed by atoms with van der Waals surface area (Å²) in [5, 5.41) is 0.332. The molecule has 38 heavy (non-hydrogen) atoms. The summed E-state index contributed by atoms with van der Waals surface area (Å²) in [6, 6.07) is 10.3. The Morgan fingerprint density at radius 1 is 1.08 bits per heavy atom. The second-order valence-corrected chi connectivity index (χ2v) is 10.5. The molecule has 3 aromatic rings. The number of anilines is 1. The van der Waals surface area contributed by atoms with E-state index in [-0.39, 0.29) is 41.7 Å². The van der Waals surface area contributed by atoms with Crippen LogP contribution in [0.3, 0.4) is 0 Å². The summed E-state index contributed by atoms with van der Waals surface area (Å²) in [6.07, 6.45) is 6.43. The molecule has 5 rings (SSSR count). The van der Waals surface area contributed by atoms with Crippen LogP contribution in [0.4, 0.5) is 10.2 Å². The number of likely N-dealkylation sites (tertiary alicyclic amines) is 2. The summed E-state index contributed by atoms with van der Waals surface area (Å²) in [7, 11) is 0. The molecule has 2 N–H and O–H groups in total. The number of nitrogens with two attached hydrogens (primary N) is 1. The Balaban J connectivity index is 1.24. The lowest BCUT2D eigenvalue weighted by Crippen LogP contribution is -2.42. The molecular formula is C28H30Cl2FN5O2. The Bertz CT molecular complexity index is 1300. The van der Waals surface area contributed by atoms with Crippen LogP contribution < -0.4 is 10.5 Å². The zero-order valence-electron chi connectivity index (χ0n) is 21.0. The third kappa shape index (κ3) is 5.87. The smallest absolute Gasteiger partial charge is 0.257 e. The van der Waals surface area contributed by atoms with Crippen molar-refractivity contribution in [3.8, 4) is 17.1 Å². The number of ether oxygens (including phenoxy) is 1. The fourth-order valence-electron chi connectivity index (χ4n) is 5.18. The summed E-state index contributed by atoms with van der Waals surface area (Å²) in [5.41, 5.74) is 8.43. The van der Waals surface area contributed by atoms with Crippen LogP contribution in [0.15, 0.2) is 42.6 Å². The van der Waals surface area contributed by atoms with E-state index >= 15 is 0 Å². The summed E-state index contributed by atoms with van der Waals surface area (Å²) < 4.78 is 19.5. The maximum atomic E-state index is 13.8. The van der Waals surface area contributed by atoms with Gasteiger partial charge in [0.15, 0.2) is 5.82 Å². The first kappa shape index (κ1) is 26.7. The fourth-order valence-corrected chi connectivity index (χ4v) is 5.74. The second kappa shape index (κ2) is 11.8. The molecular weight excluding hydrogens is 528 g/mol. The molecule has 2 fully saturated rings. The number of carbonyl (C=O) groups excluding carboxylic acids is 1. The number of benzene rings is 2. The molecule has 2 aliphatic heterocycles. The standard InChI is InChI=1S/C28H30Cl2FN5O2/c29-22-9-10-23(31)25(30)21(22)11-15-38-27-26(32)33-16-24(34-27)18-5-7-19(8-6-18)28(37)36-14-3-4-20(36)17-35-12-1-2-13-35/h5-10,16,20H,1-4,11-15,17H2,(H2,32,33). The maximum Gasteiger partial charge on any atom is 0.257 e. The third-order valence-electron chi connectivity index (χ3n) is 7.23. The number of rotatable bonds is 8. The predicted octanol–water partition coefficient (Wildman–Crippen LogP) is 5.49. The molecule has 7 nitrogen and oxygen atoms in total. The van der Waals surface area contributed by atoms with Crippen molar-refractivity contribution >= 4 is 34.9 Å². The highest BCUT2D eigenvalue weighted by Gasteiger charge is 2.31. The van der Waals surface area contributed by atoms with Crippen molar-refractivity contribution in [3.63, 3.8) is 0 Å². The molecule has 1 unspecified atom stereocenters. The normalized spacial score (nSPS) is 17.8. The van der Waals surface area contributed by atoms with Crippen molar-refractivity contribution < 1.29 is 13.9 Å². The van der Waals surface area contributed by atoms with Crippen molar-refractivity contribution in [1.82, 2.24) is 19.8 Å². The Morgan fingerprint density at radius 3 is 2.61 bits per heavy atom. The first-order chi connectivity index (χ1) is 18.4. The van der Waals surface area contributed by atoms with Gasteiger partial charge in [-0.05, 0) is 68.6 Å². The van der Waals surface area contributed by atoms with Gasteiger partial charge in [-0.2, -0.15) is 0 Å². The minimum Gasteiger partial charge on any atom is -0.475 e. The minimum absolute atomic E-state index is 0.0279. The summed E-state index contributed by atoms with van der Waals surface area (Å²) in [4.78, 5) is 26.5. The van der Waals surface area contributed by atoms with Gasteiger partial charge in [0.1, 0.15) is 5.82 Å². The van der Waals surface area contributed by atoms with E-state index in [0.29, 0.717) is 21.8 Å². The lowest BCUT2D eigenvalue weighted by atomic mass is 10.1. The van der Waals surface area contributed by atoms with Crippen molar-refractivity contribution in [3.05, 3.63) is 69.6 Å². The lowest BCUT2D eigenvalue weighted by molar-refractivity contribution is 0.0709. The summed E-state index contributed by atoms with van der Waals surface area (Å²) in [6.45, 7) is 4.16. The van der Waals surface area contributed by atoms with Gasteiger partial charge in [-0.15, -0.1) is 0 Å². The molecule has 10 heteroatoms. The number of hydrogen-bond acceptors (Lipinski definition) is 6. The van der Waals surface area contributed by atoms with E-state index in [0.717, 1.165) is 44.6 Å². The van der Waals surface area contributed by atoms with Crippen LogP contribution in [0, 0.1) is 5.82 Å². The Hall–Kier alpha value is -2.94. The second-order valence-electron chi connectivity index (χ2n) is 9.75. The van der Waals surface area contributed by atoms with Crippen LogP contribution in [0.5, 0.6) is 5.88 Å². The van der Waals surface area contributed by atoms with Crippen LogP contribution in [-0.2, 0) is 6.42 Å². The number of aromatic nitrogens is 2. The monoisotopic (exact) mass is 557 g/mol. The number of nitrogen functional groups attached to an aromatic ring is 1. The minimum atomic E-state index is -0.541. The van der Waals surface area contributed by atoms with Crippen molar-refractivity contribution in [2.45, 2.75) is 38.1 Å². The molecule has 1 atom stereocenters. The van der Waals surface area contributed by atoms with Gasteiger partial charge in [0.05, 0.1) is 23.5 Å². The summed E-state index contributed by atoms with van der Waals surface area (Å²) >= 11 is 12.2. The van der Waals surface area contributed by atoms with E-state index in [4.69, 9.17) is 33.7 Å². The topological polar surface area (TPSA) is 84.6 Å². The number of carbonyl (C=O) groups is 1. The van der Waals surface area contributed by atoms with Gasteiger partial charge >= 0.3 is 0 Å². The third-order valence-corrected chi connectivity index (χ3v) is 7.99. The van der Waals surface area contributed by atoms with Gasteiger partial charge in [-0.25, -0.2) is 14.4 Å². The first-order valence-electron chi connectivity index (χ1n) is 12.9. The Morgan fingerprint density at radius 2 is 1.84 bits per heavy atom. The molecule has 200 valence electrons. The van der Waals surface area contributed by atoms with E-state index in [1.165, 1.54) is 25.0 Å². The van der Waals surface area contributed by atoms with Crippen LogP contribution in [0.25, 0.3) is 11.3 Å². The maximum absolute atomic E-state index is 13.8. The van der Waals surface area contributed by atoms with Gasteiger partial charge in [-0.3, -0.25) is 4.79 Å². The number of nitrogens with zero attached hydrogens (tertiary/aromatic N) is 4. The van der Waals surface area contributed by atoms with Crippen molar-refractivity contribution in [2.24, 2.45) is 0 Å². The predicted molar refractivity (Wildman–Crippen MR) is 147 cm³/mol. The van der Waals surface area contributed by atoms with Crippen molar-refractivity contribution in [1.29, 1.82) is 0 Å². The van der Waals surface area contributed by atoms with Gasteiger partial charge in [0.25, 0.3) is 11.8 Å². The van der Waals surface area contributed by atoms with Gasteiger partial charge in [-0.1, -0.05) is 35.3 Å². The molecule has 0 radical (unpaired) electrons. The van der Waals surface area contributed by atoms with Crippen LogP contribution in [0.2, 0.25) is 10.0 Å². The van der Waals surface area contributed by atoms with Gasteiger partial charge < -0.3 is 20.3 Å². The van der Waals surface area contributed by atoms with E-state index in [9.17, 15) is 9.18 Å². The lowest BCUT2D eigenvalue weighted by Gasteiger charge is -2.28. The van der Waals surface area contributed by atoms with E-state index in [1.54, 1.807) is 6.20 Å². The number of hydrogen-bond donors (Lipinski definition) is 1. The molecule has 0 bridgehead atoms. The Kier molecular flexibility index (Phi) is 8.31. The molecule has 3 heterocycles. The molecule has 1 aromatic heterocycles. The van der Waals surface area contributed by atoms with Crippen LogP contribution >= 0.6 is 23.2 Å². The summed E-state index contributed by atoms with van der Waals surface area (Å²) in [5.74, 6) is -0.176. The molecule has 2 aromatic carbocycles. The largest absolute Gasteiger partial charge is 0.475 e. The van der Waals surface area contributed by atoms with Gasteiger partial charge in [0.2, 0.25) is 0 Å². The number of halogens is 3. The zero-order valence-corrected chi connectivity index (χ0v) is 22.5.